The van der Waals surface area contributed by atoms with Crippen molar-refractivity contribution < 1.29 is 20.1 Å². The minimum Gasteiger partial charge on any atom is -0.328 e. The summed E-state index contributed by atoms with van der Waals surface area (Å²) in [6, 6.07) is 113. The van der Waals surface area contributed by atoms with Gasteiger partial charge in [-0.2, -0.15) is 0 Å². The zero-order valence-electron chi connectivity index (χ0n) is 46.6. The van der Waals surface area contributed by atoms with Gasteiger partial charge >= 0.3 is 20.1 Å². The van der Waals surface area contributed by atoms with E-state index in [1.165, 1.54) is 5.56 Å². The molecule has 11 aromatic carbocycles. The first-order valence-electron chi connectivity index (χ1n) is 28.6. The minimum absolute atomic E-state index is 0. The Bertz CT molecular complexity index is 4740. The second kappa shape index (κ2) is 23.5. The zero-order chi connectivity index (χ0) is 56.5. The fourth-order valence-corrected chi connectivity index (χ4v) is 12.1. The number of rotatable bonds is 12. The Hall–Kier alpha value is -10.7. The third-order valence-corrected chi connectivity index (χ3v) is 16.2. The maximum atomic E-state index is 5.47. The molecule has 15 rings (SSSR count). The van der Waals surface area contributed by atoms with Crippen LogP contribution in [0.5, 0.6) is 0 Å². The van der Waals surface area contributed by atoms with Crippen LogP contribution in [0.25, 0.3) is 150 Å². The molecular formula is C81H51IrN4. The molecule has 86 heavy (non-hydrogen) atoms. The Morgan fingerprint density at radius 2 is 0.721 bits per heavy atom. The third-order valence-electron chi connectivity index (χ3n) is 16.2. The van der Waals surface area contributed by atoms with Gasteiger partial charge in [-0.15, -0.1) is 95.6 Å². The van der Waals surface area contributed by atoms with Crippen molar-refractivity contribution in [2.24, 2.45) is 0 Å². The van der Waals surface area contributed by atoms with Crippen LogP contribution in [-0.4, -0.2) is 19.5 Å². The van der Waals surface area contributed by atoms with Gasteiger partial charge in [0.25, 0.3) is 0 Å². The largest absolute Gasteiger partial charge is 3.00 e. The van der Waals surface area contributed by atoms with E-state index >= 15 is 0 Å². The molecule has 0 unspecified atom stereocenters. The standard InChI is InChI=1S/C81H51N4.Ir/c1-5-22-55(23-6-1)56-40-42-57(43-41-56)74-51-78(72-37-21-39-80-81(72)73-36-19-20-38-79(73)85(80)65-28-11-4-12-29-65)84-54-75(74)71-35-18-17-34-70(71)64-49-62(68-32-15-13-30-66(68)60-44-46-76(82-52-60)58-24-7-2-8-25-58)48-63(50-64)69-33-16-14-31-67(69)61-45-47-77(83-53-61)59-26-9-3-10-27-59;/h1-24,26,28-36,38-54H;/q-3;+3. The molecule has 0 aliphatic heterocycles. The van der Waals surface area contributed by atoms with E-state index in [9.17, 15) is 0 Å². The molecule has 0 N–H and O–H groups in total. The van der Waals surface area contributed by atoms with E-state index in [0.29, 0.717) is 0 Å². The number of aromatic nitrogens is 4. The van der Waals surface area contributed by atoms with Crippen LogP contribution in [0.2, 0.25) is 0 Å². The molecule has 0 saturated carbocycles. The van der Waals surface area contributed by atoms with Crippen LogP contribution in [0.3, 0.4) is 0 Å². The molecule has 15 aromatic rings. The number of para-hydroxylation sites is 2. The van der Waals surface area contributed by atoms with Gasteiger partial charge in [-0.25, -0.2) is 0 Å². The van der Waals surface area contributed by atoms with Gasteiger partial charge in [0, 0.05) is 35.4 Å². The fraction of sp³-hybridized carbons (Fsp3) is 0. The molecule has 0 aliphatic rings. The van der Waals surface area contributed by atoms with E-state index in [1.54, 1.807) is 0 Å². The molecule has 0 bridgehead atoms. The van der Waals surface area contributed by atoms with Crippen LogP contribution in [0.15, 0.2) is 310 Å². The Balaban J connectivity index is 0.00000653. The summed E-state index contributed by atoms with van der Waals surface area (Å²) >= 11 is 0. The molecule has 5 heteroatoms. The number of benzene rings is 11. The van der Waals surface area contributed by atoms with Gasteiger partial charge in [-0.3, -0.25) is 0 Å². The number of hydrogen-bond acceptors (Lipinski definition) is 3. The van der Waals surface area contributed by atoms with Gasteiger partial charge in [0.05, 0.1) is 0 Å². The van der Waals surface area contributed by atoms with Crippen LogP contribution in [0, 0.1) is 18.2 Å². The molecule has 404 valence electrons. The van der Waals surface area contributed by atoms with Crippen molar-refractivity contribution in [2.45, 2.75) is 0 Å². The minimum atomic E-state index is 0. The van der Waals surface area contributed by atoms with Crippen molar-refractivity contribution in [2.75, 3.05) is 0 Å². The number of pyridine rings is 3. The Morgan fingerprint density at radius 1 is 0.267 bits per heavy atom. The smallest absolute Gasteiger partial charge is 0.328 e. The summed E-state index contributed by atoms with van der Waals surface area (Å²) in [5, 5.41) is 2.26. The number of fused-ring (bicyclic) bond motifs is 3. The summed E-state index contributed by atoms with van der Waals surface area (Å²) in [6.45, 7) is 0. The molecule has 0 aliphatic carbocycles. The molecule has 0 atom stereocenters. The zero-order valence-corrected chi connectivity index (χ0v) is 49.0. The van der Waals surface area contributed by atoms with E-state index in [4.69, 9.17) is 15.0 Å². The number of hydrogen-bond donors (Lipinski definition) is 0. The summed E-state index contributed by atoms with van der Waals surface area (Å²) in [6.07, 6.45) is 6.05. The summed E-state index contributed by atoms with van der Waals surface area (Å²) < 4.78 is 2.35. The van der Waals surface area contributed by atoms with Crippen LogP contribution >= 0.6 is 0 Å². The first-order valence-corrected chi connectivity index (χ1v) is 28.6. The maximum absolute atomic E-state index is 5.47. The molecule has 4 heterocycles. The Labute approximate surface area is 514 Å². The van der Waals surface area contributed by atoms with E-state index in [-0.39, 0.29) is 20.1 Å². The van der Waals surface area contributed by atoms with Crippen LogP contribution in [0.4, 0.5) is 0 Å². The van der Waals surface area contributed by atoms with Crippen LogP contribution < -0.4 is 0 Å². The predicted octanol–water partition coefficient (Wildman–Crippen LogP) is 20.7. The quantitative estimate of drug-likeness (QED) is 0.115. The molecule has 0 amide bonds. The van der Waals surface area contributed by atoms with Gasteiger partial charge < -0.3 is 19.5 Å². The van der Waals surface area contributed by atoms with Crippen molar-refractivity contribution in [3.8, 4) is 128 Å². The normalized spacial score (nSPS) is 11.2. The van der Waals surface area contributed by atoms with Crippen LogP contribution in [-0.2, 0) is 20.1 Å². The average molecular weight is 1270 g/mol. The monoisotopic (exact) mass is 1270 g/mol. The van der Waals surface area contributed by atoms with Gasteiger partial charge in [-0.05, 0) is 148 Å². The third kappa shape index (κ3) is 10.2. The van der Waals surface area contributed by atoms with Crippen molar-refractivity contribution >= 4 is 21.8 Å². The molecule has 4 nitrogen and oxygen atoms in total. The second-order valence-corrected chi connectivity index (χ2v) is 21.2. The SMILES string of the molecule is [Ir+3].[c-]1ccccc1-c1ccc(-c2ccccc2-c2cc(-c3ccccc3-c3ccc(-c4[c-]cccc4)nc3)cc(-c3ccccc3-c3cnc(-c4[c-]ccc5c4c4ccccc4n5-c4ccccc4)cc3-c3ccc(-c4ccccc4)cc3)c2)cn1. The second-order valence-electron chi connectivity index (χ2n) is 21.2. The average Bonchev–Trinajstić information content (AvgIpc) is 2.05. The predicted molar refractivity (Wildman–Crippen MR) is 350 cm³/mol. The topological polar surface area (TPSA) is 43.6 Å². The van der Waals surface area contributed by atoms with Crippen LogP contribution in [0.1, 0.15) is 0 Å². The van der Waals surface area contributed by atoms with E-state index in [0.717, 1.165) is 145 Å². The Kier molecular flexibility index (Phi) is 14.6. The van der Waals surface area contributed by atoms with Crippen molar-refractivity contribution in [1.82, 2.24) is 19.5 Å². The summed E-state index contributed by atoms with van der Waals surface area (Å²) in [4.78, 5) is 15.4. The van der Waals surface area contributed by atoms with E-state index < -0.39 is 0 Å². The maximum Gasteiger partial charge on any atom is 3.00 e. The van der Waals surface area contributed by atoms with Gasteiger partial charge in [-0.1, -0.05) is 200 Å². The number of nitrogens with zero attached hydrogens (tertiary/aromatic N) is 4. The van der Waals surface area contributed by atoms with Gasteiger partial charge in [0.1, 0.15) is 0 Å². The molecule has 0 radical (unpaired) electrons. The molecule has 0 spiro atoms. The van der Waals surface area contributed by atoms with E-state index in [2.05, 4.69) is 266 Å². The van der Waals surface area contributed by atoms with Crippen molar-refractivity contribution in [1.29, 1.82) is 0 Å². The first kappa shape index (κ1) is 53.3. The molecular weight excluding hydrogens is 1220 g/mol. The summed E-state index contributed by atoms with van der Waals surface area (Å²) in [5.41, 5.74) is 26.0. The molecule has 0 fully saturated rings. The molecule has 0 saturated heterocycles. The van der Waals surface area contributed by atoms with Gasteiger partial charge in [0.2, 0.25) is 0 Å². The van der Waals surface area contributed by atoms with Crippen molar-refractivity contribution in [3.63, 3.8) is 0 Å². The fourth-order valence-electron chi connectivity index (χ4n) is 12.1. The first-order chi connectivity index (χ1) is 42.2. The van der Waals surface area contributed by atoms with E-state index in [1.807, 2.05) is 67.0 Å². The summed E-state index contributed by atoms with van der Waals surface area (Å²) in [5.74, 6) is 0. The summed E-state index contributed by atoms with van der Waals surface area (Å²) in [7, 11) is 0. The molecule has 4 aromatic heterocycles. The van der Waals surface area contributed by atoms with Crippen molar-refractivity contribution in [3.05, 3.63) is 328 Å². The van der Waals surface area contributed by atoms with Gasteiger partial charge in [0.15, 0.2) is 0 Å². The Morgan fingerprint density at radius 3 is 1.27 bits per heavy atom.